The smallest absolute Gasteiger partial charge is 0.274 e. The van der Waals surface area contributed by atoms with Crippen LogP contribution in [0.15, 0.2) is 59.9 Å². The molecule has 136 valence electrons. The highest BCUT2D eigenvalue weighted by atomic mass is 19.1. The number of amides is 1. The molecule has 0 radical (unpaired) electrons. The van der Waals surface area contributed by atoms with Crippen molar-refractivity contribution in [3.05, 3.63) is 71.3 Å². The molecule has 0 aliphatic rings. The first-order valence-electron chi connectivity index (χ1n) is 8.01. The normalized spacial score (nSPS) is 11.3. The molecule has 26 heavy (non-hydrogen) atoms. The number of nitrogens with one attached hydrogen (secondary N) is 3. The number of carbonyl (C=O) groups excluding carboxylic acids is 1. The highest BCUT2D eigenvalue weighted by molar-refractivity contribution is 6.12. The number of amidine groups is 1. The third kappa shape index (κ3) is 4.38. The summed E-state index contributed by atoms with van der Waals surface area (Å²) in [6.45, 7) is 1.79. The maximum Gasteiger partial charge on any atom is 0.274 e. The summed E-state index contributed by atoms with van der Waals surface area (Å²) in [5, 5.41) is 13.4. The van der Waals surface area contributed by atoms with Crippen LogP contribution in [0, 0.1) is 11.2 Å². The standard InChI is InChI=1S/C19H21FN4O2/c1-3-14(23-15-10-6-5-9-13(15)20)17(21)19(25)24-18(22)12-8-4-7-11-16(12)26-2/h4-11,23H,3,21H2,1-2H3,(H2,22,24,25)/b17-14-. The molecule has 1 amide bonds. The van der Waals surface area contributed by atoms with E-state index in [9.17, 15) is 9.18 Å². The van der Waals surface area contributed by atoms with E-state index in [2.05, 4.69) is 10.6 Å². The maximum absolute atomic E-state index is 13.8. The Morgan fingerprint density at radius 3 is 2.50 bits per heavy atom. The molecule has 0 aromatic heterocycles. The van der Waals surface area contributed by atoms with E-state index in [1.54, 1.807) is 49.4 Å². The molecule has 2 aromatic carbocycles. The van der Waals surface area contributed by atoms with Gasteiger partial charge in [-0.1, -0.05) is 31.2 Å². The van der Waals surface area contributed by atoms with Gasteiger partial charge >= 0.3 is 0 Å². The highest BCUT2D eigenvalue weighted by Gasteiger charge is 2.16. The van der Waals surface area contributed by atoms with Crippen LogP contribution >= 0.6 is 0 Å². The number of methoxy groups -OCH3 is 1. The van der Waals surface area contributed by atoms with E-state index >= 15 is 0 Å². The molecule has 0 atom stereocenters. The van der Waals surface area contributed by atoms with Crippen molar-refractivity contribution < 1.29 is 13.9 Å². The number of carbonyl (C=O) groups is 1. The molecule has 7 heteroatoms. The van der Waals surface area contributed by atoms with Gasteiger partial charge in [-0.15, -0.1) is 0 Å². The summed E-state index contributed by atoms with van der Waals surface area (Å²) in [5.74, 6) is -0.785. The van der Waals surface area contributed by atoms with Gasteiger partial charge in [-0.2, -0.15) is 0 Å². The lowest BCUT2D eigenvalue weighted by atomic mass is 10.1. The lowest BCUT2D eigenvalue weighted by molar-refractivity contribution is -0.116. The molecular formula is C19H21FN4O2. The molecule has 0 fully saturated rings. The second-order valence-corrected chi connectivity index (χ2v) is 5.38. The Bertz CT molecular complexity index is 849. The number of benzene rings is 2. The Morgan fingerprint density at radius 1 is 1.19 bits per heavy atom. The summed E-state index contributed by atoms with van der Waals surface area (Å²) in [4.78, 5) is 12.4. The van der Waals surface area contributed by atoms with Crippen molar-refractivity contribution in [2.75, 3.05) is 12.4 Å². The van der Waals surface area contributed by atoms with Crippen LogP contribution in [0.25, 0.3) is 0 Å². The zero-order valence-corrected chi connectivity index (χ0v) is 14.6. The molecule has 2 aromatic rings. The van der Waals surface area contributed by atoms with Crippen LogP contribution in [-0.2, 0) is 4.79 Å². The first-order valence-corrected chi connectivity index (χ1v) is 8.01. The second-order valence-electron chi connectivity index (χ2n) is 5.38. The van der Waals surface area contributed by atoms with Crippen molar-refractivity contribution in [1.82, 2.24) is 5.32 Å². The van der Waals surface area contributed by atoms with E-state index in [4.69, 9.17) is 15.9 Å². The Labute approximate surface area is 151 Å². The van der Waals surface area contributed by atoms with Crippen LogP contribution in [0.4, 0.5) is 10.1 Å². The van der Waals surface area contributed by atoms with E-state index in [1.165, 1.54) is 13.2 Å². The summed E-state index contributed by atoms with van der Waals surface area (Å²) in [6.07, 6.45) is 0.385. The topological polar surface area (TPSA) is 100 Å². The largest absolute Gasteiger partial charge is 0.496 e. The minimum atomic E-state index is -0.651. The zero-order chi connectivity index (χ0) is 19.1. The third-order valence-electron chi connectivity index (χ3n) is 3.70. The highest BCUT2D eigenvalue weighted by Crippen LogP contribution is 2.19. The Morgan fingerprint density at radius 2 is 1.85 bits per heavy atom. The fourth-order valence-electron chi connectivity index (χ4n) is 2.31. The second kappa shape index (κ2) is 8.66. The molecule has 0 aliphatic carbocycles. The zero-order valence-electron chi connectivity index (χ0n) is 14.6. The van der Waals surface area contributed by atoms with Gasteiger partial charge in [0.25, 0.3) is 5.91 Å². The SMILES string of the molecule is CC/C(Nc1ccccc1F)=C(/N)C(=O)NC(=N)c1ccccc1OC. The van der Waals surface area contributed by atoms with Crippen molar-refractivity contribution in [2.24, 2.45) is 5.73 Å². The molecular weight excluding hydrogens is 335 g/mol. The summed E-state index contributed by atoms with van der Waals surface area (Å²) < 4.78 is 19.0. The van der Waals surface area contributed by atoms with Gasteiger partial charge in [0.15, 0.2) is 0 Å². The first-order chi connectivity index (χ1) is 12.5. The number of hydrogen-bond acceptors (Lipinski definition) is 5. The van der Waals surface area contributed by atoms with Gasteiger partial charge in [0, 0.05) is 5.70 Å². The van der Waals surface area contributed by atoms with E-state index in [0.29, 0.717) is 23.4 Å². The number of para-hydroxylation sites is 2. The van der Waals surface area contributed by atoms with Gasteiger partial charge in [0.05, 0.1) is 18.4 Å². The van der Waals surface area contributed by atoms with E-state index in [0.717, 1.165) is 0 Å². The minimum absolute atomic E-state index is 0.115. The molecule has 0 saturated carbocycles. The van der Waals surface area contributed by atoms with Crippen LogP contribution in [0.2, 0.25) is 0 Å². The van der Waals surface area contributed by atoms with E-state index in [-0.39, 0.29) is 17.2 Å². The Balaban J connectivity index is 2.19. The molecule has 0 saturated heterocycles. The molecule has 0 heterocycles. The fraction of sp³-hybridized carbons (Fsp3) is 0.158. The van der Waals surface area contributed by atoms with Gasteiger partial charge in [-0.05, 0) is 30.7 Å². The van der Waals surface area contributed by atoms with Gasteiger partial charge in [-0.25, -0.2) is 4.39 Å². The molecule has 0 bridgehead atoms. The quantitative estimate of drug-likeness (QED) is 0.363. The van der Waals surface area contributed by atoms with Gasteiger partial charge in [-0.3, -0.25) is 10.2 Å². The van der Waals surface area contributed by atoms with Crippen molar-refractivity contribution in [1.29, 1.82) is 5.41 Å². The average molecular weight is 356 g/mol. The van der Waals surface area contributed by atoms with Crippen molar-refractivity contribution in [3.8, 4) is 5.75 Å². The van der Waals surface area contributed by atoms with Crippen LogP contribution in [0.5, 0.6) is 5.75 Å². The lowest BCUT2D eigenvalue weighted by Gasteiger charge is -2.15. The van der Waals surface area contributed by atoms with Crippen LogP contribution < -0.4 is 21.1 Å². The molecule has 5 N–H and O–H groups in total. The summed E-state index contributed by atoms with van der Waals surface area (Å²) in [7, 11) is 1.48. The summed E-state index contributed by atoms with van der Waals surface area (Å²) >= 11 is 0. The van der Waals surface area contributed by atoms with Crippen LogP contribution in [0.1, 0.15) is 18.9 Å². The van der Waals surface area contributed by atoms with Crippen molar-refractivity contribution in [3.63, 3.8) is 0 Å². The van der Waals surface area contributed by atoms with Gasteiger partial charge in [0.2, 0.25) is 0 Å². The monoisotopic (exact) mass is 356 g/mol. The predicted molar refractivity (Wildman–Crippen MR) is 99.5 cm³/mol. The van der Waals surface area contributed by atoms with Crippen molar-refractivity contribution in [2.45, 2.75) is 13.3 Å². The Hall–Kier alpha value is -3.35. The first kappa shape index (κ1) is 19.0. The van der Waals surface area contributed by atoms with Gasteiger partial charge in [0.1, 0.15) is 23.1 Å². The van der Waals surface area contributed by atoms with E-state index < -0.39 is 11.7 Å². The number of nitrogens with two attached hydrogens (primary N) is 1. The number of halogens is 1. The predicted octanol–water partition coefficient (Wildman–Crippen LogP) is 2.97. The molecule has 0 spiro atoms. The fourth-order valence-corrected chi connectivity index (χ4v) is 2.31. The minimum Gasteiger partial charge on any atom is -0.496 e. The van der Waals surface area contributed by atoms with Crippen molar-refractivity contribution >= 4 is 17.4 Å². The molecule has 2 rings (SSSR count). The van der Waals surface area contributed by atoms with E-state index in [1.807, 2.05) is 0 Å². The maximum atomic E-state index is 13.8. The summed E-state index contributed by atoms with van der Waals surface area (Å²) in [5.41, 5.74) is 6.82. The molecule has 6 nitrogen and oxygen atoms in total. The number of anilines is 1. The lowest BCUT2D eigenvalue weighted by Crippen LogP contribution is -2.35. The molecule has 0 aliphatic heterocycles. The van der Waals surface area contributed by atoms with Crippen LogP contribution in [0.3, 0.4) is 0 Å². The average Bonchev–Trinajstić information content (AvgIpc) is 2.66. The number of rotatable bonds is 6. The Kier molecular flexibility index (Phi) is 6.32. The van der Waals surface area contributed by atoms with Crippen LogP contribution in [-0.4, -0.2) is 18.9 Å². The summed E-state index contributed by atoms with van der Waals surface area (Å²) in [6, 6.07) is 12.9. The van der Waals surface area contributed by atoms with Gasteiger partial charge < -0.3 is 21.1 Å². The number of ether oxygens (including phenoxy) is 1. The number of hydrogen-bond donors (Lipinski definition) is 4. The number of allylic oxidation sites excluding steroid dienone is 1. The molecule has 0 unspecified atom stereocenters. The third-order valence-corrected chi connectivity index (χ3v) is 3.70.